The van der Waals surface area contributed by atoms with Gasteiger partial charge in [0.2, 0.25) is 5.95 Å². The molecule has 1 aliphatic rings. The molecule has 0 amide bonds. The van der Waals surface area contributed by atoms with E-state index in [1.165, 1.54) is 70.9 Å². The molecular formula is C94H52N6O2. The fourth-order valence-electron chi connectivity index (χ4n) is 18.0. The summed E-state index contributed by atoms with van der Waals surface area (Å²) in [5.74, 6) is 0.606. The lowest BCUT2D eigenvalue weighted by atomic mass is 9.95. The van der Waals surface area contributed by atoms with Crippen LogP contribution in [0.15, 0.2) is 324 Å². The number of hydrogen-bond donors (Lipinski definition) is 0. The first-order valence-electron chi connectivity index (χ1n) is 34.9. The van der Waals surface area contributed by atoms with Gasteiger partial charge in [-0.1, -0.05) is 212 Å². The molecule has 8 heteroatoms. The van der Waals surface area contributed by atoms with Crippen LogP contribution in [0.3, 0.4) is 0 Å². The summed E-state index contributed by atoms with van der Waals surface area (Å²) in [6.07, 6.45) is 0. The molecule has 0 spiro atoms. The lowest BCUT2D eigenvalue weighted by Gasteiger charge is -2.14. The molecule has 470 valence electrons. The van der Waals surface area contributed by atoms with E-state index in [0.717, 1.165) is 154 Å². The molecule has 0 fully saturated rings. The molecule has 16 aromatic carbocycles. The quantitative estimate of drug-likeness (QED) is 0.166. The molecule has 0 bridgehead atoms. The third-order valence-corrected chi connectivity index (χ3v) is 22.3. The molecule has 0 N–H and O–H groups in total. The van der Waals surface area contributed by atoms with Crippen molar-refractivity contribution in [1.82, 2.24) is 28.2 Å². The van der Waals surface area contributed by atoms with Gasteiger partial charge in [-0.15, -0.1) is 0 Å². The molecule has 0 unspecified atom stereocenters. The maximum atomic E-state index is 6.76. The molecular weight excluding hydrogens is 1250 g/mol. The van der Waals surface area contributed by atoms with Crippen molar-refractivity contribution in [3.63, 3.8) is 0 Å². The SMILES string of the molecule is c1ccc(-n2c3cc4oc5ccccc5c4cc3c3ccc4c(c5ccccc5n4-c4nc(-c5cccc(-c6ccc7c(c6)-c6cccc8c(-n9c%10cc%11oc%12ccccc%12c%11cc%10c%10ccc%11c(c%12ccccc%12n%11-c%11cccc%12ccccc%11%12)c%109)ccc-7c68)c5)c5ccccc5n4)c32)cc1. The molecule has 8 nitrogen and oxygen atoms in total. The first-order chi connectivity index (χ1) is 50.6. The molecule has 23 aromatic rings. The van der Waals surface area contributed by atoms with Gasteiger partial charge in [0.05, 0.1) is 66.7 Å². The van der Waals surface area contributed by atoms with Gasteiger partial charge in [0.15, 0.2) is 0 Å². The van der Waals surface area contributed by atoms with Crippen molar-refractivity contribution in [1.29, 1.82) is 0 Å². The second kappa shape index (κ2) is 19.9. The molecule has 0 radical (unpaired) electrons. The van der Waals surface area contributed by atoms with Crippen LogP contribution in [0.2, 0.25) is 0 Å². The predicted octanol–water partition coefficient (Wildman–Crippen LogP) is 25.1. The Morgan fingerprint density at radius 2 is 0.775 bits per heavy atom. The monoisotopic (exact) mass is 1300 g/mol. The number of rotatable bonds is 6. The molecule has 0 atom stereocenters. The summed E-state index contributed by atoms with van der Waals surface area (Å²) in [4.78, 5) is 11.2. The third kappa shape index (κ3) is 7.23. The maximum Gasteiger partial charge on any atom is 0.235 e. The van der Waals surface area contributed by atoms with Crippen LogP contribution in [0, 0.1) is 0 Å². The van der Waals surface area contributed by atoms with Gasteiger partial charge in [-0.2, -0.15) is 0 Å². The first kappa shape index (κ1) is 54.2. The lowest BCUT2D eigenvalue weighted by Crippen LogP contribution is -2.03. The van der Waals surface area contributed by atoms with Crippen LogP contribution in [-0.4, -0.2) is 28.2 Å². The average Bonchev–Trinajstić information content (AvgIpc) is 1.53. The summed E-state index contributed by atoms with van der Waals surface area (Å²) in [6, 6.07) is 115. The molecule has 7 heterocycles. The number of hydrogen-bond acceptors (Lipinski definition) is 4. The first-order valence-corrected chi connectivity index (χ1v) is 34.9. The Balaban J connectivity index is 0.671. The van der Waals surface area contributed by atoms with E-state index < -0.39 is 0 Å². The fourth-order valence-corrected chi connectivity index (χ4v) is 18.0. The Bertz CT molecular complexity index is 7700. The third-order valence-electron chi connectivity index (χ3n) is 22.3. The molecule has 0 aliphatic heterocycles. The van der Waals surface area contributed by atoms with Gasteiger partial charge in [-0.25, -0.2) is 9.97 Å². The van der Waals surface area contributed by atoms with Crippen molar-refractivity contribution in [3.8, 4) is 67.6 Å². The predicted molar refractivity (Wildman–Crippen MR) is 422 cm³/mol. The zero-order valence-corrected chi connectivity index (χ0v) is 54.5. The van der Waals surface area contributed by atoms with Crippen molar-refractivity contribution in [2.24, 2.45) is 0 Å². The van der Waals surface area contributed by atoms with E-state index in [2.05, 4.69) is 328 Å². The Kier molecular flexibility index (Phi) is 10.6. The van der Waals surface area contributed by atoms with Crippen molar-refractivity contribution >= 4 is 164 Å². The average molecular weight is 1300 g/mol. The van der Waals surface area contributed by atoms with E-state index in [4.69, 9.17) is 18.8 Å². The smallest absolute Gasteiger partial charge is 0.235 e. The second-order valence-electron chi connectivity index (χ2n) is 27.4. The highest BCUT2D eigenvalue weighted by Gasteiger charge is 2.30. The van der Waals surface area contributed by atoms with Crippen LogP contribution in [0.4, 0.5) is 0 Å². The highest BCUT2D eigenvalue weighted by molar-refractivity contribution is 6.31. The van der Waals surface area contributed by atoms with Crippen LogP contribution in [-0.2, 0) is 0 Å². The van der Waals surface area contributed by atoms with Crippen LogP contribution in [0.5, 0.6) is 0 Å². The summed E-state index contributed by atoms with van der Waals surface area (Å²) < 4.78 is 23.0. The van der Waals surface area contributed by atoms with E-state index in [-0.39, 0.29) is 0 Å². The molecule has 7 aromatic heterocycles. The largest absolute Gasteiger partial charge is 0.456 e. The number of fused-ring (bicyclic) bond motifs is 25. The van der Waals surface area contributed by atoms with Crippen LogP contribution in [0.25, 0.3) is 231 Å². The summed E-state index contributed by atoms with van der Waals surface area (Å²) >= 11 is 0. The molecule has 24 rings (SSSR count). The second-order valence-corrected chi connectivity index (χ2v) is 27.4. The van der Waals surface area contributed by atoms with Crippen molar-refractivity contribution in [2.75, 3.05) is 0 Å². The van der Waals surface area contributed by atoms with Gasteiger partial charge in [0.25, 0.3) is 0 Å². The van der Waals surface area contributed by atoms with Gasteiger partial charge in [-0.05, 0) is 135 Å². The zero-order valence-electron chi connectivity index (χ0n) is 54.5. The zero-order chi connectivity index (χ0) is 66.2. The number of furan rings is 2. The van der Waals surface area contributed by atoms with E-state index in [1.54, 1.807) is 0 Å². The minimum atomic E-state index is 0.606. The van der Waals surface area contributed by atoms with Crippen molar-refractivity contribution < 1.29 is 8.83 Å². The maximum absolute atomic E-state index is 6.76. The van der Waals surface area contributed by atoms with E-state index >= 15 is 0 Å². The van der Waals surface area contributed by atoms with Crippen LogP contribution in [0.1, 0.15) is 0 Å². The molecule has 0 saturated heterocycles. The highest BCUT2D eigenvalue weighted by Crippen LogP contribution is 2.53. The standard InChI is InChI=1S/C94H52N6O2/c1-2-23-57(24-3-1)97-82-51-86-73(60-26-9-14-37-84(60)101-86)49-71(82)64-43-46-81-90(92(64)97)69-30-8-13-35-78(69)100(81)94-95-75-33-11-6-28-66(75)91(96-94)56-22-16-21-54(47-56)55-39-40-59-63-41-44-79(67-32-18-31-62(88(63)67)70(59)48-55)99-83-52-87-74(61-27-10-15-38-85(61)102-87)50-72(83)65-42-45-80-89(93(65)99)68-29-7-12-34-77(68)98(80)76-36-17-20-53-19-4-5-25-58(53)76/h1-52H. The van der Waals surface area contributed by atoms with Crippen LogP contribution >= 0.6 is 0 Å². The van der Waals surface area contributed by atoms with Gasteiger partial charge >= 0.3 is 0 Å². The summed E-state index contributed by atoms with van der Waals surface area (Å²) in [6.45, 7) is 0. The molecule has 0 saturated carbocycles. The summed E-state index contributed by atoms with van der Waals surface area (Å²) in [7, 11) is 0. The normalized spacial score (nSPS) is 12.5. The lowest BCUT2D eigenvalue weighted by molar-refractivity contribution is 0.669. The van der Waals surface area contributed by atoms with Crippen LogP contribution < -0.4 is 0 Å². The number of aromatic nitrogens is 6. The van der Waals surface area contributed by atoms with E-state index in [9.17, 15) is 0 Å². The van der Waals surface area contributed by atoms with Gasteiger partial charge in [-0.3, -0.25) is 4.57 Å². The molecule has 1 aliphatic carbocycles. The summed E-state index contributed by atoms with van der Waals surface area (Å²) in [5.41, 5.74) is 25.5. The number of para-hydroxylation sites is 6. The van der Waals surface area contributed by atoms with Gasteiger partial charge in [0, 0.05) is 104 Å². The minimum Gasteiger partial charge on any atom is -0.456 e. The fraction of sp³-hybridized carbons (Fsp3) is 0. The van der Waals surface area contributed by atoms with E-state index in [0.29, 0.717) is 5.95 Å². The Morgan fingerprint density at radius 1 is 0.235 bits per heavy atom. The number of nitrogens with zero attached hydrogens (tertiary/aromatic N) is 6. The van der Waals surface area contributed by atoms with Gasteiger partial charge < -0.3 is 22.5 Å². The Morgan fingerprint density at radius 3 is 1.52 bits per heavy atom. The van der Waals surface area contributed by atoms with E-state index in [1.807, 2.05) is 6.07 Å². The number of benzene rings is 16. The van der Waals surface area contributed by atoms with Gasteiger partial charge in [0.1, 0.15) is 22.3 Å². The Hall–Kier alpha value is -13.8. The van der Waals surface area contributed by atoms with Crippen molar-refractivity contribution in [3.05, 3.63) is 315 Å². The minimum absolute atomic E-state index is 0.606. The highest BCUT2D eigenvalue weighted by atomic mass is 16.3. The summed E-state index contributed by atoms with van der Waals surface area (Å²) in [5, 5.41) is 19.6. The molecule has 102 heavy (non-hydrogen) atoms. The Labute approximate surface area is 580 Å². The van der Waals surface area contributed by atoms with Crippen molar-refractivity contribution in [2.45, 2.75) is 0 Å². The topological polar surface area (TPSA) is 71.8 Å².